The standard InChI is InChI=1S/C12H13ClN2O2S/c13-9-4-3-7(18)6-8(9)12(17)15-5-1-2-10(15)11(14)16/h3-4,6,10,18H,1-2,5H2,(H2,14,16). The first kappa shape index (κ1) is 13.2. The maximum absolute atomic E-state index is 12.3. The summed E-state index contributed by atoms with van der Waals surface area (Å²) in [4.78, 5) is 25.7. The van der Waals surface area contributed by atoms with Crippen LogP contribution in [0.1, 0.15) is 23.2 Å². The number of nitrogens with two attached hydrogens (primary N) is 1. The van der Waals surface area contributed by atoms with Crippen molar-refractivity contribution in [2.75, 3.05) is 6.54 Å². The van der Waals surface area contributed by atoms with E-state index in [1.165, 1.54) is 4.90 Å². The molecule has 96 valence electrons. The number of carbonyl (C=O) groups excluding carboxylic acids is 2. The number of likely N-dealkylation sites (tertiary alicyclic amines) is 1. The van der Waals surface area contributed by atoms with Gasteiger partial charge in [0.25, 0.3) is 5.91 Å². The molecule has 1 fully saturated rings. The third kappa shape index (κ3) is 2.47. The molecule has 4 nitrogen and oxygen atoms in total. The lowest BCUT2D eigenvalue weighted by Crippen LogP contribution is -2.43. The Bertz CT molecular complexity index is 507. The van der Waals surface area contributed by atoms with Gasteiger partial charge in [0.05, 0.1) is 10.6 Å². The van der Waals surface area contributed by atoms with Gasteiger partial charge in [-0.1, -0.05) is 11.6 Å². The number of thiol groups is 1. The summed E-state index contributed by atoms with van der Waals surface area (Å²) in [6, 6.07) is 4.39. The summed E-state index contributed by atoms with van der Waals surface area (Å²) in [6.45, 7) is 0.527. The van der Waals surface area contributed by atoms with E-state index in [2.05, 4.69) is 12.6 Å². The van der Waals surface area contributed by atoms with Crippen LogP contribution in [0, 0.1) is 0 Å². The van der Waals surface area contributed by atoms with Crippen LogP contribution in [0.4, 0.5) is 0 Å². The number of halogens is 1. The lowest BCUT2D eigenvalue weighted by Gasteiger charge is -2.22. The van der Waals surface area contributed by atoms with Crippen molar-refractivity contribution in [3.8, 4) is 0 Å². The van der Waals surface area contributed by atoms with Gasteiger partial charge in [0.15, 0.2) is 0 Å². The van der Waals surface area contributed by atoms with Crippen LogP contribution in [0.5, 0.6) is 0 Å². The Morgan fingerprint density at radius 2 is 2.17 bits per heavy atom. The van der Waals surface area contributed by atoms with Crippen molar-refractivity contribution in [2.45, 2.75) is 23.8 Å². The van der Waals surface area contributed by atoms with Gasteiger partial charge in [-0.05, 0) is 31.0 Å². The van der Waals surface area contributed by atoms with Crippen molar-refractivity contribution < 1.29 is 9.59 Å². The van der Waals surface area contributed by atoms with E-state index >= 15 is 0 Å². The fourth-order valence-corrected chi connectivity index (χ4v) is 2.54. The van der Waals surface area contributed by atoms with Crippen molar-refractivity contribution in [1.82, 2.24) is 4.90 Å². The lowest BCUT2D eigenvalue weighted by molar-refractivity contribution is -0.121. The Morgan fingerprint density at radius 1 is 1.44 bits per heavy atom. The van der Waals surface area contributed by atoms with E-state index in [0.29, 0.717) is 28.4 Å². The smallest absolute Gasteiger partial charge is 0.256 e. The first-order valence-electron chi connectivity index (χ1n) is 5.59. The second-order valence-electron chi connectivity index (χ2n) is 4.22. The number of amides is 2. The molecule has 0 aromatic heterocycles. The quantitative estimate of drug-likeness (QED) is 0.812. The summed E-state index contributed by atoms with van der Waals surface area (Å²) in [6.07, 6.45) is 1.39. The Morgan fingerprint density at radius 3 is 2.83 bits per heavy atom. The number of hydrogen-bond donors (Lipinski definition) is 2. The van der Waals surface area contributed by atoms with E-state index in [1.54, 1.807) is 18.2 Å². The van der Waals surface area contributed by atoms with Gasteiger partial charge in [0.1, 0.15) is 6.04 Å². The molecule has 2 amide bonds. The van der Waals surface area contributed by atoms with Crippen LogP contribution in [0.25, 0.3) is 0 Å². The zero-order chi connectivity index (χ0) is 13.3. The molecular weight excluding hydrogens is 272 g/mol. The van der Waals surface area contributed by atoms with Crippen LogP contribution in [-0.2, 0) is 4.79 Å². The molecule has 1 aliphatic heterocycles. The molecule has 6 heteroatoms. The van der Waals surface area contributed by atoms with Crippen molar-refractivity contribution in [1.29, 1.82) is 0 Å². The highest BCUT2D eigenvalue weighted by molar-refractivity contribution is 7.80. The number of benzene rings is 1. The minimum Gasteiger partial charge on any atom is -0.368 e. The first-order valence-corrected chi connectivity index (χ1v) is 6.42. The Labute approximate surface area is 115 Å². The van der Waals surface area contributed by atoms with Crippen molar-refractivity contribution in [3.05, 3.63) is 28.8 Å². The molecule has 1 aliphatic rings. The van der Waals surface area contributed by atoms with Crippen LogP contribution in [0.2, 0.25) is 5.02 Å². The molecule has 1 unspecified atom stereocenters. The second kappa shape index (κ2) is 5.20. The highest BCUT2D eigenvalue weighted by atomic mass is 35.5. The van der Waals surface area contributed by atoms with Crippen molar-refractivity contribution in [3.63, 3.8) is 0 Å². The summed E-state index contributed by atoms with van der Waals surface area (Å²) >= 11 is 10.2. The second-order valence-corrected chi connectivity index (χ2v) is 5.15. The highest BCUT2D eigenvalue weighted by Crippen LogP contribution is 2.25. The fourth-order valence-electron chi connectivity index (χ4n) is 2.14. The molecule has 1 heterocycles. The van der Waals surface area contributed by atoms with Gasteiger partial charge in [-0.3, -0.25) is 9.59 Å². The monoisotopic (exact) mass is 284 g/mol. The van der Waals surface area contributed by atoms with E-state index in [0.717, 1.165) is 6.42 Å². The summed E-state index contributed by atoms with van der Waals surface area (Å²) in [5, 5.41) is 0.355. The van der Waals surface area contributed by atoms with E-state index in [4.69, 9.17) is 17.3 Å². The van der Waals surface area contributed by atoms with Gasteiger partial charge in [-0.25, -0.2) is 0 Å². The van der Waals surface area contributed by atoms with E-state index in [-0.39, 0.29) is 5.91 Å². The van der Waals surface area contributed by atoms with E-state index in [1.807, 2.05) is 0 Å². The first-order chi connectivity index (χ1) is 8.50. The summed E-state index contributed by atoms with van der Waals surface area (Å²) < 4.78 is 0. The molecular formula is C12H13ClN2O2S. The molecule has 0 spiro atoms. The Hall–Kier alpha value is -1.20. The molecule has 1 atom stereocenters. The largest absolute Gasteiger partial charge is 0.368 e. The van der Waals surface area contributed by atoms with Gasteiger partial charge < -0.3 is 10.6 Å². The zero-order valence-electron chi connectivity index (χ0n) is 9.60. The normalized spacial score (nSPS) is 19.0. The Kier molecular flexibility index (Phi) is 3.82. The topological polar surface area (TPSA) is 63.4 Å². The van der Waals surface area contributed by atoms with E-state index < -0.39 is 11.9 Å². The van der Waals surface area contributed by atoms with Crippen LogP contribution < -0.4 is 5.73 Å². The zero-order valence-corrected chi connectivity index (χ0v) is 11.2. The van der Waals surface area contributed by atoms with Crippen molar-refractivity contribution >= 4 is 36.0 Å². The van der Waals surface area contributed by atoms with Crippen LogP contribution in [0.15, 0.2) is 23.1 Å². The number of hydrogen-bond acceptors (Lipinski definition) is 3. The van der Waals surface area contributed by atoms with Gasteiger partial charge in [0, 0.05) is 11.4 Å². The van der Waals surface area contributed by atoms with Crippen molar-refractivity contribution in [2.24, 2.45) is 5.73 Å². The number of rotatable bonds is 2. The predicted octanol–water partition coefficient (Wildman–Crippen LogP) is 1.72. The molecule has 2 N–H and O–H groups in total. The summed E-state index contributed by atoms with van der Waals surface area (Å²) in [7, 11) is 0. The summed E-state index contributed by atoms with van der Waals surface area (Å²) in [5.41, 5.74) is 5.65. The van der Waals surface area contributed by atoms with Gasteiger partial charge in [0.2, 0.25) is 5.91 Å². The lowest BCUT2D eigenvalue weighted by atomic mass is 10.1. The van der Waals surface area contributed by atoms with E-state index in [9.17, 15) is 9.59 Å². The van der Waals surface area contributed by atoms with Crippen LogP contribution in [0.3, 0.4) is 0 Å². The third-order valence-electron chi connectivity index (χ3n) is 3.02. The highest BCUT2D eigenvalue weighted by Gasteiger charge is 2.33. The fraction of sp³-hybridized carbons (Fsp3) is 0.333. The molecule has 0 bridgehead atoms. The molecule has 0 radical (unpaired) electrons. The van der Waals surface area contributed by atoms with Gasteiger partial charge in [-0.2, -0.15) is 0 Å². The maximum Gasteiger partial charge on any atom is 0.256 e. The minimum atomic E-state index is -0.530. The SMILES string of the molecule is NC(=O)C1CCCN1C(=O)c1cc(S)ccc1Cl. The maximum atomic E-state index is 12.3. The molecule has 1 saturated heterocycles. The molecule has 1 aromatic rings. The molecule has 18 heavy (non-hydrogen) atoms. The van der Waals surface area contributed by atoms with Crippen LogP contribution in [-0.4, -0.2) is 29.3 Å². The average Bonchev–Trinajstić information content (AvgIpc) is 2.80. The molecule has 2 rings (SSSR count). The molecule has 0 saturated carbocycles. The molecule has 1 aromatic carbocycles. The number of nitrogens with zero attached hydrogens (tertiary/aromatic N) is 1. The Balaban J connectivity index is 2.31. The summed E-state index contributed by atoms with van der Waals surface area (Å²) in [5.74, 6) is -0.740. The number of carbonyl (C=O) groups is 2. The minimum absolute atomic E-state index is 0.266. The third-order valence-corrected chi connectivity index (χ3v) is 3.63. The van der Waals surface area contributed by atoms with Gasteiger partial charge in [-0.15, -0.1) is 12.6 Å². The van der Waals surface area contributed by atoms with Gasteiger partial charge >= 0.3 is 0 Å². The predicted molar refractivity (Wildman–Crippen MR) is 72.0 cm³/mol. The average molecular weight is 285 g/mol. The number of primary amides is 1. The van der Waals surface area contributed by atoms with Crippen LogP contribution >= 0.6 is 24.2 Å². The molecule has 0 aliphatic carbocycles.